The number of anilines is 1. The molecule has 1 aromatic carbocycles. The minimum atomic E-state index is -0.153. The molecule has 1 atom stereocenters. The van der Waals surface area contributed by atoms with Crippen molar-refractivity contribution in [3.63, 3.8) is 0 Å². The van der Waals surface area contributed by atoms with Crippen molar-refractivity contribution in [1.82, 2.24) is 9.97 Å². The highest BCUT2D eigenvalue weighted by Crippen LogP contribution is 2.35. The van der Waals surface area contributed by atoms with Crippen molar-refractivity contribution < 1.29 is 9.53 Å². The number of amides is 1. The van der Waals surface area contributed by atoms with Crippen molar-refractivity contribution in [2.75, 3.05) is 12.4 Å². The molecule has 2 aromatic rings. The van der Waals surface area contributed by atoms with Gasteiger partial charge in [-0.25, -0.2) is 4.98 Å². The molecule has 1 aliphatic carbocycles. The standard InChI is InChI=1S/C14H12ClN3O2/c1-20-12-7-11(15)16-14(17-12)18-13(19)10-6-8-4-2-3-5-9(8)10/h2-5,7,10H,6H2,1H3,(H,16,17,18,19). The molecule has 0 saturated heterocycles. The summed E-state index contributed by atoms with van der Waals surface area (Å²) >= 11 is 5.84. The molecule has 102 valence electrons. The number of carbonyl (C=O) groups is 1. The Balaban J connectivity index is 1.76. The van der Waals surface area contributed by atoms with Gasteiger partial charge in [-0.1, -0.05) is 35.9 Å². The summed E-state index contributed by atoms with van der Waals surface area (Å²) in [7, 11) is 1.48. The zero-order chi connectivity index (χ0) is 14.1. The van der Waals surface area contributed by atoms with E-state index in [1.165, 1.54) is 18.7 Å². The number of carbonyl (C=O) groups excluding carboxylic acids is 1. The van der Waals surface area contributed by atoms with Gasteiger partial charge >= 0.3 is 0 Å². The average molecular weight is 290 g/mol. The van der Waals surface area contributed by atoms with Crippen LogP contribution in [0.15, 0.2) is 30.3 Å². The lowest BCUT2D eigenvalue weighted by molar-refractivity contribution is -0.118. The zero-order valence-electron chi connectivity index (χ0n) is 10.8. The molecule has 5 nitrogen and oxygen atoms in total. The molecule has 1 amide bonds. The first-order valence-corrected chi connectivity index (χ1v) is 6.52. The molecule has 1 aliphatic rings. The number of nitrogens with one attached hydrogen (secondary N) is 1. The van der Waals surface area contributed by atoms with Crippen molar-refractivity contribution in [1.29, 1.82) is 0 Å². The van der Waals surface area contributed by atoms with E-state index in [0.717, 1.165) is 12.0 Å². The van der Waals surface area contributed by atoms with Crippen LogP contribution in [-0.4, -0.2) is 23.0 Å². The van der Waals surface area contributed by atoms with Gasteiger partial charge in [0.05, 0.1) is 13.0 Å². The minimum Gasteiger partial charge on any atom is -0.481 e. The minimum absolute atomic E-state index is 0.131. The molecule has 0 fully saturated rings. The maximum atomic E-state index is 12.2. The molecule has 1 unspecified atom stereocenters. The second kappa shape index (κ2) is 5.09. The Kier molecular flexibility index (Phi) is 3.28. The summed E-state index contributed by atoms with van der Waals surface area (Å²) in [6, 6.07) is 9.37. The molecule has 1 N–H and O–H groups in total. The number of benzene rings is 1. The number of fused-ring (bicyclic) bond motifs is 1. The summed E-state index contributed by atoms with van der Waals surface area (Å²) in [6.45, 7) is 0. The van der Waals surface area contributed by atoms with Crippen LogP contribution in [-0.2, 0) is 11.2 Å². The van der Waals surface area contributed by atoms with Gasteiger partial charge in [-0.3, -0.25) is 10.1 Å². The highest BCUT2D eigenvalue weighted by atomic mass is 35.5. The van der Waals surface area contributed by atoms with Crippen LogP contribution in [0, 0.1) is 0 Å². The van der Waals surface area contributed by atoms with Gasteiger partial charge in [-0.2, -0.15) is 4.98 Å². The fourth-order valence-electron chi connectivity index (χ4n) is 2.25. The molecule has 1 aromatic heterocycles. The maximum absolute atomic E-state index is 12.2. The summed E-state index contributed by atoms with van der Waals surface area (Å²) < 4.78 is 4.99. The van der Waals surface area contributed by atoms with E-state index in [1.54, 1.807) is 0 Å². The van der Waals surface area contributed by atoms with E-state index in [1.807, 2.05) is 24.3 Å². The predicted molar refractivity (Wildman–Crippen MR) is 75.1 cm³/mol. The van der Waals surface area contributed by atoms with Gasteiger partial charge in [-0.05, 0) is 17.5 Å². The summed E-state index contributed by atoms with van der Waals surface area (Å²) in [5.74, 6) is 0.186. The Morgan fingerprint density at radius 2 is 2.20 bits per heavy atom. The highest BCUT2D eigenvalue weighted by Gasteiger charge is 2.32. The van der Waals surface area contributed by atoms with E-state index in [2.05, 4.69) is 15.3 Å². The number of hydrogen-bond acceptors (Lipinski definition) is 4. The number of nitrogens with zero attached hydrogens (tertiary/aromatic N) is 2. The first-order valence-electron chi connectivity index (χ1n) is 6.14. The van der Waals surface area contributed by atoms with E-state index in [-0.39, 0.29) is 22.9 Å². The Morgan fingerprint density at radius 1 is 1.40 bits per heavy atom. The predicted octanol–water partition coefficient (Wildman–Crippen LogP) is 2.42. The van der Waals surface area contributed by atoms with E-state index in [0.29, 0.717) is 5.88 Å². The lowest BCUT2D eigenvalue weighted by atomic mass is 9.77. The van der Waals surface area contributed by atoms with Crippen LogP contribution in [0.4, 0.5) is 5.95 Å². The Bertz CT molecular complexity index is 675. The van der Waals surface area contributed by atoms with Crippen LogP contribution in [0.2, 0.25) is 5.15 Å². The van der Waals surface area contributed by atoms with E-state index in [4.69, 9.17) is 16.3 Å². The fraction of sp³-hybridized carbons (Fsp3) is 0.214. The lowest BCUT2D eigenvalue weighted by Crippen LogP contribution is -2.30. The van der Waals surface area contributed by atoms with E-state index in [9.17, 15) is 4.79 Å². The van der Waals surface area contributed by atoms with Crippen LogP contribution in [0.5, 0.6) is 5.88 Å². The number of aromatic nitrogens is 2. The van der Waals surface area contributed by atoms with Crippen molar-refractivity contribution in [3.05, 3.63) is 46.6 Å². The second-order valence-corrected chi connectivity index (χ2v) is 4.89. The van der Waals surface area contributed by atoms with Crippen LogP contribution in [0.25, 0.3) is 0 Å². The van der Waals surface area contributed by atoms with Gasteiger partial charge in [0, 0.05) is 6.07 Å². The van der Waals surface area contributed by atoms with Crippen molar-refractivity contribution in [3.8, 4) is 5.88 Å². The third-order valence-electron chi connectivity index (χ3n) is 3.29. The number of ether oxygens (including phenoxy) is 1. The largest absolute Gasteiger partial charge is 0.481 e. The molecule has 6 heteroatoms. The number of rotatable bonds is 3. The summed E-state index contributed by atoms with van der Waals surface area (Å²) in [5, 5.41) is 2.90. The molecule has 0 spiro atoms. The first-order chi connectivity index (χ1) is 9.67. The lowest BCUT2D eigenvalue weighted by Gasteiger charge is -2.28. The highest BCUT2D eigenvalue weighted by molar-refractivity contribution is 6.29. The van der Waals surface area contributed by atoms with Gasteiger partial charge in [-0.15, -0.1) is 0 Å². The summed E-state index contributed by atoms with van der Waals surface area (Å²) in [6.07, 6.45) is 0.736. The Morgan fingerprint density at radius 3 is 2.95 bits per heavy atom. The molecule has 0 bridgehead atoms. The molecule has 3 rings (SSSR count). The van der Waals surface area contributed by atoms with Gasteiger partial charge < -0.3 is 4.74 Å². The number of methoxy groups -OCH3 is 1. The zero-order valence-corrected chi connectivity index (χ0v) is 11.5. The van der Waals surface area contributed by atoms with Gasteiger partial charge in [0.2, 0.25) is 17.7 Å². The quantitative estimate of drug-likeness (QED) is 0.881. The van der Waals surface area contributed by atoms with Crippen LogP contribution in [0.1, 0.15) is 17.0 Å². The number of hydrogen-bond donors (Lipinski definition) is 1. The Labute approximate surface area is 121 Å². The topological polar surface area (TPSA) is 64.1 Å². The monoisotopic (exact) mass is 289 g/mol. The third kappa shape index (κ3) is 2.32. The molecule has 20 heavy (non-hydrogen) atoms. The third-order valence-corrected chi connectivity index (χ3v) is 3.48. The molecular weight excluding hydrogens is 278 g/mol. The van der Waals surface area contributed by atoms with E-state index < -0.39 is 0 Å². The summed E-state index contributed by atoms with van der Waals surface area (Å²) in [4.78, 5) is 20.2. The number of halogens is 1. The maximum Gasteiger partial charge on any atom is 0.234 e. The van der Waals surface area contributed by atoms with Crippen molar-refractivity contribution >= 4 is 23.5 Å². The van der Waals surface area contributed by atoms with Crippen molar-refractivity contribution in [2.24, 2.45) is 0 Å². The van der Waals surface area contributed by atoms with Crippen molar-refractivity contribution in [2.45, 2.75) is 12.3 Å². The SMILES string of the molecule is COc1cc(Cl)nc(NC(=O)C2Cc3ccccc32)n1. The molecule has 1 heterocycles. The van der Waals surface area contributed by atoms with Crippen LogP contribution < -0.4 is 10.1 Å². The average Bonchev–Trinajstić information content (AvgIpc) is 2.39. The molecule has 0 saturated carbocycles. The van der Waals surface area contributed by atoms with Crippen LogP contribution >= 0.6 is 11.6 Å². The first kappa shape index (κ1) is 12.9. The molecular formula is C14H12ClN3O2. The summed E-state index contributed by atoms with van der Waals surface area (Å²) in [5.41, 5.74) is 2.26. The smallest absolute Gasteiger partial charge is 0.234 e. The fourth-order valence-corrected chi connectivity index (χ4v) is 2.42. The van der Waals surface area contributed by atoms with Crippen LogP contribution in [0.3, 0.4) is 0 Å². The second-order valence-electron chi connectivity index (χ2n) is 4.50. The van der Waals surface area contributed by atoms with Gasteiger partial charge in [0.1, 0.15) is 5.15 Å². The van der Waals surface area contributed by atoms with Gasteiger partial charge in [0.25, 0.3) is 0 Å². The van der Waals surface area contributed by atoms with E-state index >= 15 is 0 Å². The molecule has 0 aliphatic heterocycles. The molecule has 0 radical (unpaired) electrons. The Hall–Kier alpha value is -2.14. The normalized spacial score (nSPS) is 16.0. The van der Waals surface area contributed by atoms with Gasteiger partial charge in [0.15, 0.2) is 0 Å².